The molecule has 0 aliphatic heterocycles. The van der Waals surface area contributed by atoms with Gasteiger partial charge < -0.3 is 9.47 Å². The van der Waals surface area contributed by atoms with Crippen LogP contribution in [0.15, 0.2) is 46.9 Å². The molecule has 0 heterocycles. The smallest absolute Gasteiger partial charge is 0.338 e. The van der Waals surface area contributed by atoms with E-state index in [2.05, 4.69) is 15.9 Å². The number of hydrogen-bond donors (Lipinski definition) is 0. The Morgan fingerprint density at radius 1 is 1.09 bits per heavy atom. The maximum Gasteiger partial charge on any atom is 0.338 e. The summed E-state index contributed by atoms with van der Waals surface area (Å²) in [5.74, 6) is -0.199. The summed E-state index contributed by atoms with van der Waals surface area (Å²) in [6.45, 7) is 3.75. The van der Waals surface area contributed by atoms with E-state index in [4.69, 9.17) is 9.47 Å². The highest BCUT2D eigenvalue weighted by atomic mass is 79.9. The number of hydrogen-bond acceptors (Lipinski definition) is 4. The Hall–Kier alpha value is -2.14. The second-order valence-corrected chi connectivity index (χ2v) is 5.82. The highest BCUT2D eigenvalue weighted by molar-refractivity contribution is 9.10. The minimum absolute atomic E-state index is 0.188. The Bertz CT molecular complexity index is 725. The van der Waals surface area contributed by atoms with Crippen molar-refractivity contribution in [2.45, 2.75) is 20.5 Å². The van der Waals surface area contributed by atoms with Gasteiger partial charge in [0, 0.05) is 10.0 Å². The quantitative estimate of drug-likeness (QED) is 0.553. The van der Waals surface area contributed by atoms with E-state index in [0.29, 0.717) is 17.9 Å². The molecule has 0 amide bonds. The number of esters is 1. The molecule has 0 atom stereocenters. The van der Waals surface area contributed by atoms with E-state index in [1.54, 1.807) is 25.1 Å². The van der Waals surface area contributed by atoms with Crippen molar-refractivity contribution in [1.29, 1.82) is 0 Å². The van der Waals surface area contributed by atoms with Crippen LogP contribution in [0.3, 0.4) is 0 Å². The van der Waals surface area contributed by atoms with Crippen molar-refractivity contribution in [2.75, 3.05) is 6.61 Å². The lowest BCUT2D eigenvalue weighted by Crippen LogP contribution is -2.11. The number of carbonyl (C=O) groups is 2. The van der Waals surface area contributed by atoms with Crippen molar-refractivity contribution in [3.05, 3.63) is 63.6 Å². The van der Waals surface area contributed by atoms with Gasteiger partial charge in [0.1, 0.15) is 12.4 Å². The van der Waals surface area contributed by atoms with E-state index in [0.717, 1.165) is 10.0 Å². The van der Waals surface area contributed by atoms with Crippen LogP contribution in [0, 0.1) is 0 Å². The van der Waals surface area contributed by atoms with Crippen LogP contribution in [-0.4, -0.2) is 18.4 Å². The number of carbonyl (C=O) groups excluding carboxylic acids is 2. The summed E-state index contributed by atoms with van der Waals surface area (Å²) in [6.07, 6.45) is 0. The van der Waals surface area contributed by atoms with Crippen LogP contribution in [0.2, 0.25) is 0 Å². The summed E-state index contributed by atoms with van der Waals surface area (Å²) in [5.41, 5.74) is 1.55. The van der Waals surface area contributed by atoms with Gasteiger partial charge in [-0.15, -0.1) is 0 Å². The molecule has 0 bridgehead atoms. The van der Waals surface area contributed by atoms with E-state index in [1.165, 1.54) is 6.92 Å². The second kappa shape index (κ2) is 7.92. The molecule has 5 heteroatoms. The summed E-state index contributed by atoms with van der Waals surface area (Å²) in [4.78, 5) is 23.7. The van der Waals surface area contributed by atoms with Gasteiger partial charge in [-0.1, -0.05) is 28.1 Å². The van der Waals surface area contributed by atoms with E-state index in [-0.39, 0.29) is 18.0 Å². The highest BCUT2D eigenvalue weighted by Gasteiger charge is 2.16. The lowest BCUT2D eigenvalue weighted by molar-refractivity contribution is 0.0522. The van der Waals surface area contributed by atoms with Gasteiger partial charge in [-0.2, -0.15) is 0 Å². The minimum atomic E-state index is -0.523. The van der Waals surface area contributed by atoms with Crippen molar-refractivity contribution in [2.24, 2.45) is 0 Å². The van der Waals surface area contributed by atoms with Gasteiger partial charge in [0.2, 0.25) is 0 Å². The summed E-state index contributed by atoms with van der Waals surface area (Å²) in [7, 11) is 0. The molecule has 0 saturated heterocycles. The molecule has 120 valence electrons. The first-order valence-electron chi connectivity index (χ1n) is 7.20. The Morgan fingerprint density at radius 2 is 1.87 bits per heavy atom. The molecule has 23 heavy (non-hydrogen) atoms. The fourth-order valence-electron chi connectivity index (χ4n) is 2.09. The van der Waals surface area contributed by atoms with Gasteiger partial charge in [0.15, 0.2) is 5.78 Å². The zero-order valence-electron chi connectivity index (χ0n) is 13.0. The molecule has 0 saturated carbocycles. The van der Waals surface area contributed by atoms with Crippen LogP contribution >= 0.6 is 15.9 Å². The van der Waals surface area contributed by atoms with Crippen molar-refractivity contribution >= 4 is 27.7 Å². The van der Waals surface area contributed by atoms with Crippen molar-refractivity contribution in [3.8, 4) is 5.75 Å². The number of benzene rings is 2. The fourth-order valence-corrected chi connectivity index (χ4v) is 2.54. The van der Waals surface area contributed by atoms with E-state index < -0.39 is 5.97 Å². The molecule has 0 fully saturated rings. The van der Waals surface area contributed by atoms with Crippen LogP contribution < -0.4 is 4.74 Å². The number of Topliss-reactive ketones (excluding diaryl/α,β-unsaturated/α-hetero) is 1. The van der Waals surface area contributed by atoms with Crippen LogP contribution in [0.5, 0.6) is 5.75 Å². The Labute approximate surface area is 143 Å². The maximum absolute atomic E-state index is 12.0. The van der Waals surface area contributed by atoms with E-state index in [9.17, 15) is 9.59 Å². The van der Waals surface area contributed by atoms with E-state index in [1.807, 2.05) is 24.3 Å². The molecular weight excluding hydrogens is 360 g/mol. The number of ether oxygens (including phenoxy) is 2. The first kappa shape index (κ1) is 17.2. The third-order valence-corrected chi connectivity index (χ3v) is 3.65. The Morgan fingerprint density at radius 3 is 2.52 bits per heavy atom. The van der Waals surface area contributed by atoms with Gasteiger partial charge in [-0.25, -0.2) is 4.79 Å². The molecule has 0 aromatic heterocycles. The average molecular weight is 377 g/mol. The second-order valence-electron chi connectivity index (χ2n) is 4.90. The Balaban J connectivity index is 2.21. The number of ketones is 1. The van der Waals surface area contributed by atoms with Gasteiger partial charge in [0.05, 0.1) is 12.2 Å². The summed E-state index contributed by atoms with van der Waals surface area (Å²) in [6, 6.07) is 12.6. The normalized spacial score (nSPS) is 10.2. The molecule has 0 aliphatic rings. The largest absolute Gasteiger partial charge is 0.489 e. The van der Waals surface area contributed by atoms with Crippen LogP contribution in [-0.2, 0) is 11.3 Å². The zero-order valence-corrected chi connectivity index (χ0v) is 14.6. The standard InChI is InChI=1S/C18H17BrO4/c1-3-22-18(21)17-10-15(7-8-16(17)12(2)20)23-11-13-5-4-6-14(19)9-13/h4-10H,3,11H2,1-2H3. The highest BCUT2D eigenvalue weighted by Crippen LogP contribution is 2.21. The average Bonchev–Trinajstić information content (AvgIpc) is 2.53. The van der Waals surface area contributed by atoms with Gasteiger partial charge in [0.25, 0.3) is 0 Å². The third-order valence-electron chi connectivity index (χ3n) is 3.16. The molecule has 0 aliphatic carbocycles. The first-order chi connectivity index (χ1) is 11.0. The predicted octanol–water partition coefficient (Wildman–Crippen LogP) is 4.41. The number of rotatable bonds is 6. The van der Waals surface area contributed by atoms with Gasteiger partial charge in [-0.05, 0) is 49.7 Å². The Kier molecular flexibility index (Phi) is 5.93. The minimum Gasteiger partial charge on any atom is -0.489 e. The molecule has 2 rings (SSSR count). The fraction of sp³-hybridized carbons (Fsp3) is 0.222. The molecule has 0 unspecified atom stereocenters. The first-order valence-corrected chi connectivity index (χ1v) is 8.00. The van der Waals surface area contributed by atoms with Crippen molar-refractivity contribution < 1.29 is 19.1 Å². The van der Waals surface area contributed by atoms with E-state index >= 15 is 0 Å². The molecule has 0 spiro atoms. The topological polar surface area (TPSA) is 52.6 Å². The van der Waals surface area contributed by atoms with Crippen LogP contribution in [0.4, 0.5) is 0 Å². The molecule has 4 nitrogen and oxygen atoms in total. The maximum atomic E-state index is 12.0. The lowest BCUT2D eigenvalue weighted by Gasteiger charge is -2.11. The molecule has 2 aromatic rings. The van der Waals surface area contributed by atoms with Crippen molar-refractivity contribution in [3.63, 3.8) is 0 Å². The summed E-state index contributed by atoms with van der Waals surface area (Å²) in [5, 5.41) is 0. The monoisotopic (exact) mass is 376 g/mol. The number of halogens is 1. The SMILES string of the molecule is CCOC(=O)c1cc(OCc2cccc(Br)c2)ccc1C(C)=O. The zero-order chi connectivity index (χ0) is 16.8. The van der Waals surface area contributed by atoms with Crippen LogP contribution in [0.1, 0.15) is 40.1 Å². The van der Waals surface area contributed by atoms with Gasteiger partial charge in [-0.3, -0.25) is 4.79 Å². The van der Waals surface area contributed by atoms with Crippen molar-refractivity contribution in [1.82, 2.24) is 0 Å². The summed E-state index contributed by atoms with van der Waals surface area (Å²) >= 11 is 3.41. The van der Waals surface area contributed by atoms with Crippen LogP contribution in [0.25, 0.3) is 0 Å². The molecule has 0 radical (unpaired) electrons. The predicted molar refractivity (Wildman–Crippen MR) is 90.9 cm³/mol. The lowest BCUT2D eigenvalue weighted by atomic mass is 10.0. The van der Waals surface area contributed by atoms with Gasteiger partial charge >= 0.3 is 5.97 Å². The molecule has 2 aromatic carbocycles. The molecular formula is C18H17BrO4. The summed E-state index contributed by atoms with van der Waals surface area (Å²) < 4.78 is 11.7. The third kappa shape index (κ3) is 4.66. The molecule has 0 N–H and O–H groups in total.